The van der Waals surface area contributed by atoms with Gasteiger partial charge in [0.25, 0.3) is 5.91 Å². The fourth-order valence-electron chi connectivity index (χ4n) is 4.06. The van der Waals surface area contributed by atoms with Crippen molar-refractivity contribution in [1.82, 2.24) is 14.8 Å². The van der Waals surface area contributed by atoms with Gasteiger partial charge >= 0.3 is 0 Å². The number of nitrogens with zero attached hydrogens (tertiary/aromatic N) is 2. The molecule has 8 heteroatoms. The molecule has 0 bridgehead atoms. The Morgan fingerprint density at radius 2 is 1.88 bits per heavy atom. The number of morpholine rings is 1. The Balaban J connectivity index is 1.61. The molecule has 180 valence electrons. The minimum atomic E-state index is -0.374. The average Bonchev–Trinajstić information content (AvgIpc) is 3.36. The van der Waals surface area contributed by atoms with Gasteiger partial charge in [-0.2, -0.15) is 0 Å². The second kappa shape index (κ2) is 11.5. The molecule has 1 aliphatic rings. The van der Waals surface area contributed by atoms with Crippen LogP contribution in [0.1, 0.15) is 32.2 Å². The molecule has 3 aromatic rings. The summed E-state index contributed by atoms with van der Waals surface area (Å²) in [6.07, 6.45) is 0. The maximum absolute atomic E-state index is 13.2. The lowest BCUT2D eigenvalue weighted by Gasteiger charge is -2.28. The number of carbonyl (C=O) groups is 1. The molecular weight excluding hydrogens is 450 g/mol. The van der Waals surface area contributed by atoms with Crippen molar-refractivity contribution in [1.29, 1.82) is 0 Å². The molecule has 1 amide bonds. The van der Waals surface area contributed by atoms with Gasteiger partial charge in [0, 0.05) is 42.8 Å². The van der Waals surface area contributed by atoms with Crippen molar-refractivity contribution in [3.05, 3.63) is 85.5 Å². The molecule has 1 aromatic carbocycles. The van der Waals surface area contributed by atoms with E-state index in [2.05, 4.69) is 10.2 Å². The van der Waals surface area contributed by atoms with E-state index < -0.39 is 0 Å². The lowest BCUT2D eigenvalue weighted by Crippen LogP contribution is -2.39. The summed E-state index contributed by atoms with van der Waals surface area (Å²) in [7, 11) is 0. The number of thiophene rings is 1. The quantitative estimate of drug-likeness (QED) is 0.507. The number of benzene rings is 1. The summed E-state index contributed by atoms with van der Waals surface area (Å²) in [6, 6.07) is 13.2. The van der Waals surface area contributed by atoms with E-state index in [0.29, 0.717) is 24.5 Å². The second-order valence-corrected chi connectivity index (χ2v) is 9.47. The van der Waals surface area contributed by atoms with Gasteiger partial charge in [-0.05, 0) is 37.4 Å². The third-order valence-electron chi connectivity index (χ3n) is 6.00. The maximum Gasteiger partial charge on any atom is 0.257 e. The van der Waals surface area contributed by atoms with E-state index in [9.17, 15) is 9.59 Å². The van der Waals surface area contributed by atoms with Crippen LogP contribution in [0.2, 0.25) is 0 Å². The molecule has 1 aliphatic heterocycles. The van der Waals surface area contributed by atoms with Crippen LogP contribution < -0.4 is 15.5 Å². The van der Waals surface area contributed by atoms with E-state index in [1.165, 1.54) is 0 Å². The van der Waals surface area contributed by atoms with Gasteiger partial charge in [0.2, 0.25) is 0 Å². The Bertz CT molecular complexity index is 1150. The topological polar surface area (TPSA) is 72.8 Å². The summed E-state index contributed by atoms with van der Waals surface area (Å²) in [6.45, 7) is 9.11. The number of rotatable bonds is 9. The summed E-state index contributed by atoms with van der Waals surface area (Å²) in [5.74, 6) is 0.324. The number of ether oxygens (including phenoxy) is 2. The molecular formula is C26H31N3O4S. The smallest absolute Gasteiger partial charge is 0.257 e. The molecule has 0 unspecified atom stereocenters. The molecule has 0 spiro atoms. The van der Waals surface area contributed by atoms with Crippen molar-refractivity contribution in [3.63, 3.8) is 0 Å². The predicted octanol–water partition coefficient (Wildman–Crippen LogP) is 3.37. The molecule has 0 radical (unpaired) electrons. The lowest BCUT2D eigenvalue weighted by atomic mass is 10.1. The summed E-state index contributed by atoms with van der Waals surface area (Å²) in [5.41, 5.74) is 2.42. The van der Waals surface area contributed by atoms with Crippen LogP contribution in [0, 0.1) is 13.8 Å². The number of pyridine rings is 1. The first-order chi connectivity index (χ1) is 16.5. The highest BCUT2D eigenvalue weighted by molar-refractivity contribution is 7.09. The van der Waals surface area contributed by atoms with Crippen LogP contribution in [0.25, 0.3) is 0 Å². The Morgan fingerprint density at radius 1 is 1.12 bits per heavy atom. The Morgan fingerprint density at radius 3 is 2.59 bits per heavy atom. The minimum Gasteiger partial charge on any atom is -0.487 e. The average molecular weight is 482 g/mol. The highest BCUT2D eigenvalue weighted by Gasteiger charge is 2.22. The number of amides is 1. The number of hydrogen-bond donors (Lipinski definition) is 1. The second-order valence-electron chi connectivity index (χ2n) is 8.44. The third kappa shape index (κ3) is 6.14. The van der Waals surface area contributed by atoms with E-state index in [0.717, 1.165) is 49.0 Å². The zero-order valence-electron chi connectivity index (χ0n) is 19.7. The number of carbonyl (C=O) groups excluding carboxylic acids is 1. The van der Waals surface area contributed by atoms with Gasteiger partial charge < -0.3 is 19.4 Å². The van der Waals surface area contributed by atoms with Crippen molar-refractivity contribution in [2.75, 3.05) is 32.8 Å². The molecule has 0 saturated carbocycles. The van der Waals surface area contributed by atoms with E-state index in [-0.39, 0.29) is 23.5 Å². The zero-order valence-corrected chi connectivity index (χ0v) is 20.5. The highest BCUT2D eigenvalue weighted by atomic mass is 32.1. The molecule has 1 N–H and O–H groups in total. The minimum absolute atomic E-state index is 0.130. The van der Waals surface area contributed by atoms with Gasteiger partial charge in [-0.3, -0.25) is 14.5 Å². The molecule has 3 heterocycles. The third-order valence-corrected chi connectivity index (χ3v) is 6.87. The van der Waals surface area contributed by atoms with Crippen molar-refractivity contribution in [2.45, 2.75) is 33.5 Å². The van der Waals surface area contributed by atoms with Crippen LogP contribution >= 0.6 is 11.3 Å². The van der Waals surface area contributed by atoms with E-state index >= 15 is 0 Å². The monoisotopic (exact) mass is 481 g/mol. The van der Waals surface area contributed by atoms with Crippen molar-refractivity contribution in [3.8, 4) is 5.75 Å². The van der Waals surface area contributed by atoms with Crippen molar-refractivity contribution >= 4 is 17.2 Å². The molecule has 34 heavy (non-hydrogen) atoms. The Labute approximate surface area is 203 Å². The van der Waals surface area contributed by atoms with E-state index in [1.807, 2.05) is 60.2 Å². The molecule has 1 fully saturated rings. The predicted molar refractivity (Wildman–Crippen MR) is 134 cm³/mol. The van der Waals surface area contributed by atoms with Crippen LogP contribution in [-0.4, -0.2) is 48.2 Å². The van der Waals surface area contributed by atoms with Crippen LogP contribution in [0.5, 0.6) is 5.75 Å². The Hall–Kier alpha value is -2.94. The highest BCUT2D eigenvalue weighted by Crippen LogP contribution is 2.17. The summed E-state index contributed by atoms with van der Waals surface area (Å²) in [5, 5.41) is 4.88. The standard InChI is InChI=1S/C26H31N3O4S/c1-19-5-7-21(8-6-19)33-18-23-25(26(31)27-17-22-4-3-15-34-22)24(30)16-20(2)29(23)10-9-28-11-13-32-14-12-28/h3-8,15-16H,9-14,17-18H2,1-2H3,(H,27,31). The largest absolute Gasteiger partial charge is 0.487 e. The maximum atomic E-state index is 13.2. The van der Waals surface area contributed by atoms with Gasteiger partial charge in [-0.15, -0.1) is 11.3 Å². The molecule has 2 aromatic heterocycles. The normalized spacial score (nSPS) is 14.2. The SMILES string of the molecule is Cc1ccc(OCc2c(C(=O)NCc3cccs3)c(=O)cc(C)n2CCN2CCOCC2)cc1. The molecule has 1 saturated heterocycles. The molecule has 4 rings (SSSR count). The molecule has 7 nitrogen and oxygen atoms in total. The number of nitrogens with one attached hydrogen (secondary N) is 1. The zero-order chi connectivity index (χ0) is 23.9. The number of aromatic nitrogens is 1. The van der Waals surface area contributed by atoms with E-state index in [4.69, 9.17) is 9.47 Å². The first-order valence-corrected chi connectivity index (χ1v) is 12.4. The molecule has 0 aliphatic carbocycles. The van der Waals surface area contributed by atoms with E-state index in [1.54, 1.807) is 17.4 Å². The van der Waals surface area contributed by atoms with Gasteiger partial charge in [-0.25, -0.2) is 0 Å². The lowest BCUT2D eigenvalue weighted by molar-refractivity contribution is 0.0361. The van der Waals surface area contributed by atoms with Gasteiger partial charge in [0.1, 0.15) is 17.9 Å². The van der Waals surface area contributed by atoms with Crippen molar-refractivity contribution in [2.24, 2.45) is 0 Å². The van der Waals surface area contributed by atoms with Crippen LogP contribution in [0.4, 0.5) is 0 Å². The summed E-state index contributed by atoms with van der Waals surface area (Å²) in [4.78, 5) is 29.6. The number of hydrogen-bond acceptors (Lipinski definition) is 6. The fraction of sp³-hybridized carbons (Fsp3) is 0.385. The van der Waals surface area contributed by atoms with Crippen molar-refractivity contribution < 1.29 is 14.3 Å². The van der Waals surface area contributed by atoms with Crippen LogP contribution in [0.15, 0.2) is 52.6 Å². The van der Waals surface area contributed by atoms with Crippen LogP contribution in [-0.2, 0) is 24.4 Å². The van der Waals surface area contributed by atoms with Gasteiger partial charge in [0.15, 0.2) is 5.43 Å². The van der Waals surface area contributed by atoms with Gasteiger partial charge in [-0.1, -0.05) is 23.8 Å². The summed E-state index contributed by atoms with van der Waals surface area (Å²) >= 11 is 1.57. The first kappa shape index (κ1) is 24.2. The Kier molecular flexibility index (Phi) is 8.16. The fourth-order valence-corrected chi connectivity index (χ4v) is 4.70. The first-order valence-electron chi connectivity index (χ1n) is 11.5. The van der Waals surface area contributed by atoms with Crippen LogP contribution in [0.3, 0.4) is 0 Å². The van der Waals surface area contributed by atoms with Gasteiger partial charge in [0.05, 0.1) is 25.5 Å². The molecule has 0 atom stereocenters. The summed E-state index contributed by atoms with van der Waals surface area (Å²) < 4.78 is 13.6. The number of aryl methyl sites for hydroxylation is 2.